The number of benzene rings is 2. The molecule has 2 aromatic carbocycles. The summed E-state index contributed by atoms with van der Waals surface area (Å²) in [4.78, 5) is 2.35. The topological polar surface area (TPSA) is 51.2 Å². The van der Waals surface area contributed by atoms with Crippen molar-refractivity contribution in [3.63, 3.8) is 0 Å². The van der Waals surface area contributed by atoms with E-state index in [4.69, 9.17) is 14.2 Å². The molecule has 0 aromatic heterocycles. The highest BCUT2D eigenvalue weighted by atomic mass is 16.5. The lowest BCUT2D eigenvalue weighted by Gasteiger charge is -2.34. The molecule has 2 aliphatic heterocycles. The fraction of sp³-hybridized carbons (Fsp3) is 0.368. The molecule has 0 radical (unpaired) electrons. The number of rotatable bonds is 2. The summed E-state index contributed by atoms with van der Waals surface area (Å²) in [5, 5.41) is 10.1. The molecular formula is C19H21NO4. The molecular weight excluding hydrogens is 306 g/mol. The number of hydrogen-bond donors (Lipinski definition) is 1. The molecule has 0 saturated heterocycles. The third-order valence-electron chi connectivity index (χ3n) is 5.06. The lowest BCUT2D eigenvalue weighted by molar-refractivity contribution is 0.228. The first-order chi connectivity index (χ1) is 11.6. The Morgan fingerprint density at radius 3 is 2.67 bits per heavy atom. The van der Waals surface area contributed by atoms with Crippen molar-refractivity contribution < 1.29 is 19.3 Å². The zero-order chi connectivity index (χ0) is 16.8. The minimum Gasteiger partial charge on any atom is -0.504 e. The van der Waals surface area contributed by atoms with Gasteiger partial charge < -0.3 is 19.3 Å². The molecule has 2 aromatic rings. The monoisotopic (exact) mass is 327 g/mol. The molecule has 0 bridgehead atoms. The van der Waals surface area contributed by atoms with E-state index in [0.717, 1.165) is 36.4 Å². The second kappa shape index (κ2) is 5.60. The van der Waals surface area contributed by atoms with E-state index in [0.29, 0.717) is 11.5 Å². The standard InChI is InChI=1S/C19H21NO4/c1-20-7-6-11-4-5-15(22-2)19-18(11)13(20)8-12-9-17(23-3)14(21)10-16(12)24-19/h4-5,9-10,13,21H,6-8H2,1-3H3. The van der Waals surface area contributed by atoms with E-state index in [2.05, 4.69) is 18.0 Å². The molecule has 5 nitrogen and oxygen atoms in total. The molecule has 0 fully saturated rings. The Morgan fingerprint density at radius 2 is 1.92 bits per heavy atom. The average Bonchev–Trinajstić information content (AvgIpc) is 2.75. The van der Waals surface area contributed by atoms with Crippen LogP contribution in [-0.2, 0) is 12.8 Å². The number of likely N-dealkylation sites (N-methyl/N-ethyl adjacent to an activating group) is 1. The third-order valence-corrected chi connectivity index (χ3v) is 5.06. The molecule has 1 atom stereocenters. The molecule has 1 unspecified atom stereocenters. The second-order valence-corrected chi connectivity index (χ2v) is 6.35. The summed E-state index contributed by atoms with van der Waals surface area (Å²) in [5.41, 5.74) is 3.52. The first-order valence-corrected chi connectivity index (χ1v) is 8.10. The predicted molar refractivity (Wildman–Crippen MR) is 90.5 cm³/mol. The summed E-state index contributed by atoms with van der Waals surface area (Å²) in [6.45, 7) is 1.01. The smallest absolute Gasteiger partial charge is 0.174 e. The number of phenols is 1. The number of methoxy groups -OCH3 is 2. The van der Waals surface area contributed by atoms with E-state index in [-0.39, 0.29) is 11.8 Å². The quantitative estimate of drug-likeness (QED) is 0.917. The molecule has 24 heavy (non-hydrogen) atoms. The van der Waals surface area contributed by atoms with Gasteiger partial charge >= 0.3 is 0 Å². The van der Waals surface area contributed by atoms with Crippen LogP contribution < -0.4 is 14.2 Å². The average molecular weight is 327 g/mol. The lowest BCUT2D eigenvalue weighted by atomic mass is 9.88. The zero-order valence-corrected chi connectivity index (χ0v) is 14.1. The Balaban J connectivity index is 1.94. The molecule has 0 aliphatic carbocycles. The van der Waals surface area contributed by atoms with Crippen LogP contribution in [-0.4, -0.2) is 37.8 Å². The SMILES string of the molecule is COc1cc2c(cc1O)Oc1c(OC)ccc3c1C(C2)N(C)CC3. The Labute approximate surface area is 141 Å². The van der Waals surface area contributed by atoms with Crippen molar-refractivity contribution in [2.24, 2.45) is 0 Å². The van der Waals surface area contributed by atoms with Gasteiger partial charge in [-0.2, -0.15) is 0 Å². The van der Waals surface area contributed by atoms with Gasteiger partial charge in [-0.3, -0.25) is 4.90 Å². The normalized spacial score (nSPS) is 18.9. The van der Waals surface area contributed by atoms with Crippen LogP contribution in [0, 0.1) is 0 Å². The molecule has 0 amide bonds. The Morgan fingerprint density at radius 1 is 1.12 bits per heavy atom. The molecule has 0 spiro atoms. The number of aromatic hydroxyl groups is 1. The van der Waals surface area contributed by atoms with Crippen molar-refractivity contribution in [3.05, 3.63) is 41.0 Å². The minimum atomic E-state index is 0.0783. The molecule has 5 heteroatoms. The predicted octanol–water partition coefficient (Wildman–Crippen LogP) is 3.29. The summed E-state index contributed by atoms with van der Waals surface area (Å²) in [6, 6.07) is 7.81. The lowest BCUT2D eigenvalue weighted by Crippen LogP contribution is -2.33. The van der Waals surface area contributed by atoms with E-state index in [1.54, 1.807) is 20.3 Å². The van der Waals surface area contributed by atoms with Crippen molar-refractivity contribution in [1.82, 2.24) is 4.90 Å². The third kappa shape index (κ3) is 2.19. The van der Waals surface area contributed by atoms with Gasteiger partial charge in [-0.15, -0.1) is 0 Å². The van der Waals surface area contributed by atoms with E-state index in [9.17, 15) is 5.11 Å². The van der Waals surface area contributed by atoms with Crippen molar-refractivity contribution in [3.8, 4) is 28.7 Å². The van der Waals surface area contributed by atoms with Crippen LogP contribution in [0.25, 0.3) is 0 Å². The van der Waals surface area contributed by atoms with Crippen LogP contribution >= 0.6 is 0 Å². The van der Waals surface area contributed by atoms with Crippen molar-refractivity contribution in [2.45, 2.75) is 18.9 Å². The molecule has 4 rings (SSSR count). The Bertz CT molecular complexity index is 802. The highest BCUT2D eigenvalue weighted by Gasteiger charge is 2.34. The van der Waals surface area contributed by atoms with Gasteiger partial charge in [0.05, 0.1) is 14.2 Å². The maximum absolute atomic E-state index is 10.1. The Hall–Kier alpha value is -2.40. The van der Waals surface area contributed by atoms with Gasteiger partial charge in [0, 0.05) is 29.8 Å². The van der Waals surface area contributed by atoms with E-state index in [1.807, 2.05) is 12.1 Å². The number of fused-ring (bicyclic) bond motifs is 1. The van der Waals surface area contributed by atoms with E-state index >= 15 is 0 Å². The van der Waals surface area contributed by atoms with Gasteiger partial charge in [0.15, 0.2) is 23.0 Å². The Kier molecular flexibility index (Phi) is 3.53. The van der Waals surface area contributed by atoms with Gasteiger partial charge in [0.2, 0.25) is 0 Å². The van der Waals surface area contributed by atoms with Crippen LogP contribution in [0.15, 0.2) is 24.3 Å². The van der Waals surface area contributed by atoms with E-state index in [1.165, 1.54) is 11.1 Å². The van der Waals surface area contributed by atoms with Crippen molar-refractivity contribution >= 4 is 0 Å². The van der Waals surface area contributed by atoms with Crippen LogP contribution in [0.5, 0.6) is 28.7 Å². The van der Waals surface area contributed by atoms with Crippen LogP contribution in [0.3, 0.4) is 0 Å². The second-order valence-electron chi connectivity index (χ2n) is 6.35. The van der Waals surface area contributed by atoms with Crippen LogP contribution in [0.4, 0.5) is 0 Å². The van der Waals surface area contributed by atoms with Gasteiger partial charge in [-0.25, -0.2) is 0 Å². The summed E-state index contributed by atoms with van der Waals surface area (Å²) in [5.74, 6) is 2.68. The summed E-state index contributed by atoms with van der Waals surface area (Å²) in [6.07, 6.45) is 1.79. The number of hydrogen-bond acceptors (Lipinski definition) is 5. The van der Waals surface area contributed by atoms with Gasteiger partial charge in [-0.1, -0.05) is 6.07 Å². The van der Waals surface area contributed by atoms with Crippen molar-refractivity contribution in [1.29, 1.82) is 0 Å². The molecule has 126 valence electrons. The van der Waals surface area contributed by atoms with E-state index < -0.39 is 0 Å². The maximum Gasteiger partial charge on any atom is 0.174 e. The largest absolute Gasteiger partial charge is 0.504 e. The highest BCUT2D eigenvalue weighted by molar-refractivity contribution is 5.60. The van der Waals surface area contributed by atoms with Crippen molar-refractivity contribution in [2.75, 3.05) is 27.8 Å². The number of phenolic OH excluding ortho intramolecular Hbond substituents is 1. The zero-order valence-electron chi connectivity index (χ0n) is 14.1. The number of nitrogens with zero attached hydrogens (tertiary/aromatic N) is 1. The number of ether oxygens (including phenoxy) is 3. The summed E-state index contributed by atoms with van der Waals surface area (Å²) >= 11 is 0. The molecule has 1 N–H and O–H groups in total. The molecule has 2 aliphatic rings. The minimum absolute atomic E-state index is 0.0783. The summed E-state index contributed by atoms with van der Waals surface area (Å²) < 4.78 is 17.0. The van der Waals surface area contributed by atoms with Gasteiger partial charge in [-0.05, 0) is 37.6 Å². The maximum atomic E-state index is 10.1. The fourth-order valence-corrected chi connectivity index (χ4v) is 3.73. The van der Waals surface area contributed by atoms with Crippen LogP contribution in [0.1, 0.15) is 22.7 Å². The van der Waals surface area contributed by atoms with Gasteiger partial charge in [0.25, 0.3) is 0 Å². The fourth-order valence-electron chi connectivity index (χ4n) is 3.73. The first kappa shape index (κ1) is 15.1. The first-order valence-electron chi connectivity index (χ1n) is 8.10. The summed E-state index contributed by atoms with van der Waals surface area (Å²) in [7, 11) is 5.35. The molecule has 0 saturated carbocycles. The van der Waals surface area contributed by atoms with Crippen LogP contribution in [0.2, 0.25) is 0 Å². The van der Waals surface area contributed by atoms with Gasteiger partial charge in [0.1, 0.15) is 5.75 Å². The molecule has 2 heterocycles. The highest BCUT2D eigenvalue weighted by Crippen LogP contribution is 2.50.